The number of fused-ring (bicyclic) bond motifs is 1. The van der Waals surface area contributed by atoms with E-state index >= 15 is 0 Å². The number of hydrogen-bond acceptors (Lipinski definition) is 2. The lowest BCUT2D eigenvalue weighted by atomic mass is 10.2. The summed E-state index contributed by atoms with van der Waals surface area (Å²) in [5, 5.41) is 0. The SMILES string of the molecule is Nc1nc2c(F)cccc2n1-c1cc(F)c(F)cc1F. The molecule has 3 aromatic rings. The number of hydrogen-bond donors (Lipinski definition) is 1. The second kappa shape index (κ2) is 4.22. The number of rotatable bonds is 1. The molecule has 7 heteroatoms. The first-order chi connectivity index (χ1) is 9.49. The van der Waals surface area contributed by atoms with Crippen molar-refractivity contribution < 1.29 is 17.6 Å². The van der Waals surface area contributed by atoms with Gasteiger partial charge in [-0.1, -0.05) is 6.07 Å². The van der Waals surface area contributed by atoms with Crippen LogP contribution in [-0.2, 0) is 0 Å². The summed E-state index contributed by atoms with van der Waals surface area (Å²) in [4.78, 5) is 3.77. The van der Waals surface area contributed by atoms with Crippen molar-refractivity contribution in [2.24, 2.45) is 0 Å². The second-order valence-electron chi connectivity index (χ2n) is 4.13. The van der Waals surface area contributed by atoms with E-state index in [-0.39, 0.29) is 22.7 Å². The van der Waals surface area contributed by atoms with Gasteiger partial charge in [-0.2, -0.15) is 0 Å². The maximum atomic E-state index is 13.8. The van der Waals surface area contributed by atoms with Crippen molar-refractivity contribution in [1.29, 1.82) is 0 Å². The highest BCUT2D eigenvalue weighted by atomic mass is 19.2. The summed E-state index contributed by atoms with van der Waals surface area (Å²) < 4.78 is 54.6. The van der Waals surface area contributed by atoms with Gasteiger partial charge in [-0.25, -0.2) is 22.5 Å². The molecular formula is C13H7F4N3. The number of halogens is 4. The first-order valence-corrected chi connectivity index (χ1v) is 5.56. The quantitative estimate of drug-likeness (QED) is 0.550. The van der Waals surface area contributed by atoms with Crippen molar-refractivity contribution >= 4 is 17.0 Å². The fourth-order valence-electron chi connectivity index (χ4n) is 2.02. The number of para-hydroxylation sites is 1. The van der Waals surface area contributed by atoms with Crippen molar-refractivity contribution in [3.05, 3.63) is 53.6 Å². The molecule has 0 fully saturated rings. The summed E-state index contributed by atoms with van der Waals surface area (Å²) in [5.74, 6) is -4.45. The Morgan fingerprint density at radius 3 is 2.35 bits per heavy atom. The highest BCUT2D eigenvalue weighted by Crippen LogP contribution is 2.27. The van der Waals surface area contributed by atoms with Crippen LogP contribution >= 0.6 is 0 Å². The van der Waals surface area contributed by atoms with Crippen LogP contribution in [0.1, 0.15) is 0 Å². The van der Waals surface area contributed by atoms with Gasteiger partial charge in [-0.05, 0) is 12.1 Å². The number of nitrogens with zero attached hydrogens (tertiary/aromatic N) is 2. The Bertz CT molecular complexity index is 826. The molecule has 2 N–H and O–H groups in total. The van der Waals surface area contributed by atoms with Crippen molar-refractivity contribution in [1.82, 2.24) is 9.55 Å². The van der Waals surface area contributed by atoms with E-state index in [1.807, 2.05) is 0 Å². The summed E-state index contributed by atoms with van der Waals surface area (Å²) >= 11 is 0. The van der Waals surface area contributed by atoms with Gasteiger partial charge in [0.05, 0.1) is 11.2 Å². The van der Waals surface area contributed by atoms with Crippen LogP contribution in [0.3, 0.4) is 0 Å². The summed E-state index contributed by atoms with van der Waals surface area (Å²) in [6.45, 7) is 0. The van der Waals surface area contributed by atoms with Gasteiger partial charge in [0.15, 0.2) is 17.5 Å². The molecule has 0 saturated heterocycles. The monoisotopic (exact) mass is 281 g/mol. The molecule has 0 saturated carbocycles. The van der Waals surface area contributed by atoms with Crippen LogP contribution in [0.25, 0.3) is 16.7 Å². The molecule has 1 aromatic heterocycles. The van der Waals surface area contributed by atoms with Crippen LogP contribution < -0.4 is 5.73 Å². The molecule has 1 heterocycles. The van der Waals surface area contributed by atoms with E-state index in [1.54, 1.807) is 0 Å². The molecule has 3 rings (SSSR count). The van der Waals surface area contributed by atoms with Crippen molar-refractivity contribution in [2.75, 3.05) is 5.73 Å². The normalized spacial score (nSPS) is 11.2. The molecule has 0 aliphatic rings. The molecule has 0 aliphatic heterocycles. The molecule has 2 aromatic carbocycles. The van der Waals surface area contributed by atoms with Crippen molar-refractivity contribution in [3.8, 4) is 5.69 Å². The predicted molar refractivity (Wildman–Crippen MR) is 65.3 cm³/mol. The molecule has 0 bridgehead atoms. The van der Waals surface area contributed by atoms with E-state index in [1.165, 1.54) is 18.2 Å². The fraction of sp³-hybridized carbons (Fsp3) is 0. The topological polar surface area (TPSA) is 43.8 Å². The van der Waals surface area contributed by atoms with Crippen LogP contribution in [0.2, 0.25) is 0 Å². The van der Waals surface area contributed by atoms with Gasteiger partial charge in [0.2, 0.25) is 5.95 Å². The fourth-order valence-corrected chi connectivity index (χ4v) is 2.02. The third-order valence-corrected chi connectivity index (χ3v) is 2.89. The van der Waals surface area contributed by atoms with Crippen LogP contribution in [0.5, 0.6) is 0 Å². The Labute approximate surface area is 110 Å². The highest BCUT2D eigenvalue weighted by molar-refractivity contribution is 5.81. The summed E-state index contributed by atoms with van der Waals surface area (Å²) in [6.07, 6.45) is 0. The summed E-state index contributed by atoms with van der Waals surface area (Å²) in [7, 11) is 0. The van der Waals surface area contributed by atoms with E-state index in [4.69, 9.17) is 5.73 Å². The molecule has 0 amide bonds. The lowest BCUT2D eigenvalue weighted by Crippen LogP contribution is -2.04. The van der Waals surface area contributed by atoms with Crippen LogP contribution in [0.4, 0.5) is 23.5 Å². The van der Waals surface area contributed by atoms with Crippen LogP contribution in [0, 0.1) is 23.3 Å². The minimum Gasteiger partial charge on any atom is -0.369 e. The Kier molecular flexibility index (Phi) is 2.63. The van der Waals surface area contributed by atoms with Gasteiger partial charge in [-0.15, -0.1) is 0 Å². The molecule has 3 nitrogen and oxygen atoms in total. The lowest BCUT2D eigenvalue weighted by Gasteiger charge is -2.08. The number of nitrogens with two attached hydrogens (primary N) is 1. The minimum atomic E-state index is -1.32. The van der Waals surface area contributed by atoms with E-state index < -0.39 is 23.3 Å². The van der Waals surface area contributed by atoms with Gasteiger partial charge in [-0.3, -0.25) is 4.57 Å². The zero-order valence-corrected chi connectivity index (χ0v) is 9.87. The van der Waals surface area contributed by atoms with Crippen LogP contribution in [0.15, 0.2) is 30.3 Å². The maximum absolute atomic E-state index is 13.8. The standard InChI is InChI=1S/C13H7F4N3/c14-6-2-1-3-10-12(6)19-13(18)20(10)11-5-8(16)7(15)4-9(11)17/h1-5H,(H2,18,19). The number of aromatic nitrogens is 2. The Morgan fingerprint density at radius 1 is 0.900 bits per heavy atom. The molecule has 0 spiro atoms. The van der Waals surface area contributed by atoms with Crippen molar-refractivity contribution in [2.45, 2.75) is 0 Å². The van der Waals surface area contributed by atoms with Gasteiger partial charge < -0.3 is 5.73 Å². The maximum Gasteiger partial charge on any atom is 0.206 e. The molecular weight excluding hydrogens is 274 g/mol. The zero-order chi connectivity index (χ0) is 14.4. The molecule has 0 aliphatic carbocycles. The van der Waals surface area contributed by atoms with E-state index in [9.17, 15) is 17.6 Å². The average Bonchev–Trinajstić information content (AvgIpc) is 2.72. The largest absolute Gasteiger partial charge is 0.369 e. The predicted octanol–water partition coefficient (Wildman–Crippen LogP) is 3.16. The Hall–Kier alpha value is -2.57. The van der Waals surface area contributed by atoms with E-state index in [0.29, 0.717) is 12.1 Å². The summed E-state index contributed by atoms with van der Waals surface area (Å²) in [5.41, 5.74) is 5.36. The Balaban J connectivity index is 2.38. The molecule has 0 radical (unpaired) electrons. The third-order valence-electron chi connectivity index (χ3n) is 2.89. The second-order valence-corrected chi connectivity index (χ2v) is 4.13. The third kappa shape index (κ3) is 1.70. The number of imidazole rings is 1. The highest BCUT2D eigenvalue weighted by Gasteiger charge is 2.18. The van der Waals surface area contributed by atoms with Gasteiger partial charge >= 0.3 is 0 Å². The summed E-state index contributed by atoms with van der Waals surface area (Å²) in [6, 6.07) is 5.04. The number of anilines is 1. The molecule has 0 unspecified atom stereocenters. The average molecular weight is 281 g/mol. The van der Waals surface area contributed by atoms with E-state index in [0.717, 1.165) is 4.57 Å². The molecule has 0 atom stereocenters. The van der Waals surface area contributed by atoms with Gasteiger partial charge in [0.25, 0.3) is 0 Å². The number of nitrogen functional groups attached to an aromatic ring is 1. The first kappa shape index (κ1) is 12.5. The number of benzene rings is 2. The molecule has 102 valence electrons. The van der Waals surface area contributed by atoms with Crippen LogP contribution in [-0.4, -0.2) is 9.55 Å². The zero-order valence-electron chi connectivity index (χ0n) is 9.87. The van der Waals surface area contributed by atoms with E-state index in [2.05, 4.69) is 4.98 Å². The smallest absolute Gasteiger partial charge is 0.206 e. The lowest BCUT2D eigenvalue weighted by molar-refractivity contribution is 0.493. The minimum absolute atomic E-state index is 0.0749. The van der Waals surface area contributed by atoms with Crippen molar-refractivity contribution in [3.63, 3.8) is 0 Å². The molecule has 20 heavy (non-hydrogen) atoms. The first-order valence-electron chi connectivity index (χ1n) is 5.56. The Morgan fingerprint density at radius 2 is 1.60 bits per heavy atom. The van der Waals surface area contributed by atoms with Gasteiger partial charge in [0, 0.05) is 12.1 Å². The van der Waals surface area contributed by atoms with Gasteiger partial charge in [0.1, 0.15) is 11.3 Å².